The van der Waals surface area contributed by atoms with Crippen molar-refractivity contribution in [1.82, 2.24) is 0 Å². The molecule has 4 saturated carbocycles. The summed E-state index contributed by atoms with van der Waals surface area (Å²) in [6, 6.07) is 0. The fraction of sp³-hybridized carbons (Fsp3) is 0.923. The monoisotopic (exact) mass is 1730 g/mol. The van der Waals surface area contributed by atoms with Crippen molar-refractivity contribution in [3.63, 3.8) is 0 Å². The van der Waals surface area contributed by atoms with Gasteiger partial charge in [0.15, 0.2) is 62.3 Å². The van der Waals surface area contributed by atoms with E-state index in [1.165, 1.54) is 13.8 Å². The molecule has 12 fully saturated rings. The van der Waals surface area contributed by atoms with E-state index >= 15 is 4.79 Å². The summed E-state index contributed by atoms with van der Waals surface area (Å²) in [4.78, 5) is 56.4. The number of hydrogen-bond donors (Lipinski definition) is 21. The summed E-state index contributed by atoms with van der Waals surface area (Å²) >= 11 is 0. The van der Waals surface area contributed by atoms with Crippen LogP contribution < -0.4 is 0 Å². The van der Waals surface area contributed by atoms with Crippen LogP contribution in [-0.2, 0) is 99.7 Å². The lowest BCUT2D eigenvalue weighted by atomic mass is 9.33. The molecule has 0 amide bonds. The number of fused-ring (bicyclic) bond motifs is 7. The molecule has 0 aromatic heterocycles. The maximum absolute atomic E-state index is 16.1. The summed E-state index contributed by atoms with van der Waals surface area (Å²) < 4.78 is 103. The van der Waals surface area contributed by atoms with Crippen molar-refractivity contribution in [1.29, 1.82) is 0 Å². The van der Waals surface area contributed by atoms with E-state index in [9.17, 15) is 122 Å². The average Bonchev–Trinajstić information content (AvgIpc) is 0.672. The second kappa shape index (κ2) is 36.2. The Bertz CT molecular complexity index is 3560. The number of aliphatic carboxylic acids is 1. The summed E-state index contributed by atoms with van der Waals surface area (Å²) in [7, 11) is 0. The predicted octanol–water partition coefficient (Wildman–Crippen LogP) is -7.56. The number of allylic oxidation sites excluding steroid dienone is 2. The standard InChI is InChI=1S/C78H122O42/c1-27-55(108-29(3)83)51(97)61(118-69-54(100)59(116-67-49(95)45(91)42(88)35(22-80)110-67)56(28(2)106-69)113-65-53(99)57(33(85)25-105-65)114-66-48(94)44(90)41(87)34(21-79)109-66)70(107-27)120-72(103)78-18-16-73(4,5)20-31(78)30-10-11-38-74(6)14-13-39(75(7,26-82)37(74)12-15-77(38,9)76(30,8)17-19-78)112-71-62(119-68-50(96)46(92)43(89)36(23-81)111-68)58(52(98)60(117-71)63(101)102)115-64-47(93)40(86)32(84)24-104-64/h10,26-28,31-62,64-71,79-81,84-100H,11-25H2,1-9H3,(H,101,102). The number of carbonyl (C=O) groups excluding carboxylic acids is 3. The molecule has 8 aliphatic heterocycles. The van der Waals surface area contributed by atoms with Crippen LogP contribution >= 0.6 is 0 Å². The van der Waals surface area contributed by atoms with Crippen LogP contribution in [0.25, 0.3) is 0 Å². The van der Waals surface area contributed by atoms with E-state index < -0.39 is 329 Å². The Hall–Kier alpha value is -3.58. The predicted molar refractivity (Wildman–Crippen MR) is 389 cm³/mol. The Labute approximate surface area is 689 Å². The molecule has 120 heavy (non-hydrogen) atoms. The van der Waals surface area contributed by atoms with Crippen LogP contribution in [0, 0.1) is 50.2 Å². The average molecular weight is 1730 g/mol. The second-order valence-corrected chi connectivity index (χ2v) is 36.9. The molecule has 47 unspecified atom stereocenters. The zero-order valence-corrected chi connectivity index (χ0v) is 68.0. The van der Waals surface area contributed by atoms with Gasteiger partial charge in [-0.15, -0.1) is 0 Å². The highest BCUT2D eigenvalue weighted by Crippen LogP contribution is 2.76. The van der Waals surface area contributed by atoms with E-state index in [0.29, 0.717) is 51.4 Å². The van der Waals surface area contributed by atoms with E-state index in [0.717, 1.165) is 18.8 Å². The van der Waals surface area contributed by atoms with Gasteiger partial charge in [-0.05, 0) is 117 Å². The minimum Gasteiger partial charge on any atom is -0.479 e. The molecule has 47 atom stereocenters. The lowest BCUT2D eigenvalue weighted by Crippen LogP contribution is -2.69. The fourth-order valence-electron chi connectivity index (χ4n) is 22.0. The van der Waals surface area contributed by atoms with Gasteiger partial charge in [0.1, 0.15) is 159 Å². The van der Waals surface area contributed by atoms with Gasteiger partial charge >= 0.3 is 17.9 Å². The molecule has 21 N–H and O–H groups in total. The van der Waals surface area contributed by atoms with Crippen LogP contribution in [0.2, 0.25) is 0 Å². The van der Waals surface area contributed by atoms with E-state index in [2.05, 4.69) is 40.7 Å². The smallest absolute Gasteiger partial charge is 0.335 e. The van der Waals surface area contributed by atoms with E-state index in [-0.39, 0.29) is 24.2 Å². The molecule has 42 nitrogen and oxygen atoms in total. The van der Waals surface area contributed by atoms with Gasteiger partial charge in [-0.3, -0.25) is 9.59 Å². The third-order valence-electron chi connectivity index (χ3n) is 29.2. The first kappa shape index (κ1) is 94.0. The van der Waals surface area contributed by atoms with Crippen molar-refractivity contribution in [3.8, 4) is 0 Å². The maximum Gasteiger partial charge on any atom is 0.335 e. The van der Waals surface area contributed by atoms with Crippen LogP contribution in [0.3, 0.4) is 0 Å². The molecule has 0 aromatic carbocycles. The molecule has 0 spiro atoms. The Morgan fingerprint density at radius 3 is 1.48 bits per heavy atom. The van der Waals surface area contributed by atoms with Crippen LogP contribution in [0.15, 0.2) is 11.6 Å². The Kier molecular flexibility index (Phi) is 28.3. The summed E-state index contributed by atoms with van der Waals surface area (Å²) in [5, 5.41) is 231. The number of hydrogen-bond acceptors (Lipinski definition) is 41. The molecule has 0 bridgehead atoms. The Balaban J connectivity index is 0.768. The van der Waals surface area contributed by atoms with Crippen molar-refractivity contribution < 1.29 is 207 Å². The molecular formula is C78H122O42. The third-order valence-corrected chi connectivity index (χ3v) is 29.2. The molecule has 13 aliphatic rings. The highest BCUT2D eigenvalue weighted by molar-refractivity contribution is 5.79. The molecule has 13 rings (SSSR count). The first-order valence-corrected chi connectivity index (χ1v) is 41.3. The number of aldehydes is 1. The second-order valence-electron chi connectivity index (χ2n) is 36.9. The zero-order valence-electron chi connectivity index (χ0n) is 68.0. The molecule has 8 saturated heterocycles. The van der Waals surface area contributed by atoms with Gasteiger partial charge in [-0.2, -0.15) is 0 Å². The van der Waals surface area contributed by atoms with Crippen molar-refractivity contribution in [2.75, 3.05) is 33.0 Å². The number of carboxylic acid groups (broad SMARTS) is 1. The Morgan fingerprint density at radius 2 is 0.917 bits per heavy atom. The summed E-state index contributed by atoms with van der Waals surface area (Å²) in [6.07, 6.45) is -65.9. The van der Waals surface area contributed by atoms with Crippen molar-refractivity contribution >= 4 is 24.2 Å². The minimum atomic E-state index is -2.24. The van der Waals surface area contributed by atoms with E-state index in [1.807, 2.05) is 0 Å². The van der Waals surface area contributed by atoms with Crippen LogP contribution in [-0.4, -0.2) is 404 Å². The molecule has 686 valence electrons. The van der Waals surface area contributed by atoms with Crippen molar-refractivity contribution in [3.05, 3.63) is 11.6 Å². The van der Waals surface area contributed by atoms with Gasteiger partial charge in [0, 0.05) is 6.92 Å². The highest BCUT2D eigenvalue weighted by atomic mass is 16.8. The van der Waals surface area contributed by atoms with Gasteiger partial charge in [0.05, 0.1) is 62.2 Å². The van der Waals surface area contributed by atoms with Crippen molar-refractivity contribution in [2.45, 2.75) is 366 Å². The normalized spacial score (nSPS) is 53.5. The van der Waals surface area contributed by atoms with Crippen molar-refractivity contribution in [2.24, 2.45) is 50.2 Å². The number of carboxylic acids is 1. The molecule has 8 heterocycles. The Morgan fingerprint density at radius 1 is 0.442 bits per heavy atom. The first-order valence-electron chi connectivity index (χ1n) is 41.3. The molecule has 0 aromatic rings. The number of aliphatic hydroxyl groups is 20. The number of ether oxygens (including phenoxy) is 17. The lowest BCUT2D eigenvalue weighted by molar-refractivity contribution is -0.398. The number of carbonyl (C=O) groups is 4. The van der Waals surface area contributed by atoms with Gasteiger partial charge in [0.25, 0.3) is 0 Å². The molecule has 0 radical (unpaired) electrons. The number of rotatable bonds is 22. The SMILES string of the molecule is CC(=O)OC1C(C)OC(OC(=O)C23CCC(C)(C)CC2C2=CCC4C5(C)CCC(OC6OC(C(=O)O)C(O)C(OC7OCC(O)C(O)C7O)C6OC6OC(CO)C(O)C(O)C6O)C(C)(C=O)C5CCC4(C)C2(C)CC3)C(OC2OC(C)C(OC3OCC(O)C(OC4OC(CO)C(O)C(O)C4O)C3O)C(OC3OC(CO)C(O)C(O)C3O)C2O)C1O. The zero-order chi connectivity index (χ0) is 87.6. The largest absolute Gasteiger partial charge is 0.479 e. The molecule has 5 aliphatic carbocycles. The third kappa shape index (κ3) is 16.8. The summed E-state index contributed by atoms with van der Waals surface area (Å²) in [5.41, 5.74) is -4.01. The molecule has 42 heteroatoms. The van der Waals surface area contributed by atoms with Gasteiger partial charge < -0.3 is 193 Å². The topological polar surface area (TPSA) is 650 Å². The van der Waals surface area contributed by atoms with Gasteiger partial charge in [-0.1, -0.05) is 53.2 Å². The summed E-state index contributed by atoms with van der Waals surface area (Å²) in [5.74, 6) is -4.53. The highest BCUT2D eigenvalue weighted by Gasteiger charge is 2.72. The van der Waals surface area contributed by atoms with E-state index in [1.54, 1.807) is 6.92 Å². The van der Waals surface area contributed by atoms with E-state index in [4.69, 9.17) is 80.5 Å². The first-order chi connectivity index (χ1) is 56.4. The van der Waals surface area contributed by atoms with Crippen LogP contribution in [0.5, 0.6) is 0 Å². The van der Waals surface area contributed by atoms with Gasteiger partial charge in [0.2, 0.25) is 6.29 Å². The number of esters is 2. The lowest BCUT2D eigenvalue weighted by Gasteiger charge is -2.71. The van der Waals surface area contributed by atoms with Crippen LogP contribution in [0.4, 0.5) is 0 Å². The molecular weight excluding hydrogens is 1610 g/mol. The van der Waals surface area contributed by atoms with Crippen LogP contribution in [0.1, 0.15) is 127 Å². The summed E-state index contributed by atoms with van der Waals surface area (Å²) in [6.45, 7) is 12.4. The number of aliphatic hydroxyl groups excluding tert-OH is 20. The minimum absolute atomic E-state index is 0.103. The maximum atomic E-state index is 16.1. The fourth-order valence-corrected chi connectivity index (χ4v) is 22.0. The quantitative estimate of drug-likeness (QED) is 0.0207. The van der Waals surface area contributed by atoms with Gasteiger partial charge in [-0.25, -0.2) is 4.79 Å².